The molecule has 0 spiro atoms. The standard InChI is InChI=1S/C26H22N4O/c1-29(17-20-11-12-21-9-5-6-10-22(21)13-20)26(31)24-14-23-16-28-30(25(23)27-15-24)18-19-7-3-2-4-8-19/h2-16H,17-18H2,1H3. The van der Waals surface area contributed by atoms with Crippen molar-refractivity contribution < 1.29 is 4.79 Å². The third-order valence-electron chi connectivity index (χ3n) is 5.48. The SMILES string of the molecule is CN(Cc1ccc2ccccc2c1)C(=O)c1cnc2c(cnn2Cc2ccccc2)c1. The number of hydrogen-bond donors (Lipinski definition) is 0. The van der Waals surface area contributed by atoms with Crippen molar-refractivity contribution in [2.24, 2.45) is 0 Å². The number of carbonyl (C=O) groups is 1. The van der Waals surface area contributed by atoms with Gasteiger partial charge in [-0.2, -0.15) is 5.10 Å². The number of aromatic nitrogens is 3. The van der Waals surface area contributed by atoms with Gasteiger partial charge in [0.25, 0.3) is 5.91 Å². The highest BCUT2D eigenvalue weighted by Crippen LogP contribution is 2.19. The van der Waals surface area contributed by atoms with Gasteiger partial charge in [-0.05, 0) is 34.0 Å². The fourth-order valence-corrected chi connectivity index (χ4v) is 3.86. The predicted octanol–water partition coefficient (Wildman–Crippen LogP) is 4.91. The van der Waals surface area contributed by atoms with E-state index in [1.54, 1.807) is 17.3 Å². The van der Waals surface area contributed by atoms with Gasteiger partial charge in [-0.25, -0.2) is 9.67 Å². The molecule has 0 aliphatic rings. The van der Waals surface area contributed by atoms with E-state index in [0.29, 0.717) is 18.7 Å². The maximum absolute atomic E-state index is 13.0. The first-order chi connectivity index (χ1) is 15.2. The smallest absolute Gasteiger partial charge is 0.255 e. The largest absolute Gasteiger partial charge is 0.337 e. The average Bonchev–Trinajstić information content (AvgIpc) is 3.21. The number of carbonyl (C=O) groups excluding carboxylic acids is 1. The monoisotopic (exact) mass is 406 g/mol. The third kappa shape index (κ3) is 3.90. The Kier molecular flexibility index (Phi) is 4.92. The summed E-state index contributed by atoms with van der Waals surface area (Å²) < 4.78 is 1.86. The van der Waals surface area contributed by atoms with Gasteiger partial charge >= 0.3 is 0 Å². The van der Waals surface area contributed by atoms with Crippen LogP contribution in [0.3, 0.4) is 0 Å². The first kappa shape index (κ1) is 19.0. The summed E-state index contributed by atoms with van der Waals surface area (Å²) >= 11 is 0. The van der Waals surface area contributed by atoms with E-state index in [9.17, 15) is 4.79 Å². The van der Waals surface area contributed by atoms with E-state index in [-0.39, 0.29) is 5.91 Å². The van der Waals surface area contributed by atoms with Crippen molar-refractivity contribution in [3.8, 4) is 0 Å². The maximum atomic E-state index is 13.0. The van der Waals surface area contributed by atoms with E-state index in [4.69, 9.17) is 0 Å². The Hall–Kier alpha value is -3.99. The number of nitrogens with zero attached hydrogens (tertiary/aromatic N) is 4. The van der Waals surface area contributed by atoms with Gasteiger partial charge < -0.3 is 4.90 Å². The second kappa shape index (κ2) is 8.03. The molecule has 5 heteroatoms. The van der Waals surface area contributed by atoms with Crippen LogP contribution in [0.4, 0.5) is 0 Å². The van der Waals surface area contributed by atoms with Gasteiger partial charge in [-0.15, -0.1) is 0 Å². The molecule has 0 N–H and O–H groups in total. The summed E-state index contributed by atoms with van der Waals surface area (Å²) in [5.41, 5.74) is 3.59. The molecule has 0 saturated heterocycles. The van der Waals surface area contributed by atoms with Crippen LogP contribution in [0.5, 0.6) is 0 Å². The predicted molar refractivity (Wildman–Crippen MR) is 123 cm³/mol. The van der Waals surface area contributed by atoms with E-state index in [0.717, 1.165) is 22.2 Å². The Labute approximate surface area is 180 Å². The summed E-state index contributed by atoms with van der Waals surface area (Å²) in [7, 11) is 1.82. The zero-order valence-corrected chi connectivity index (χ0v) is 17.3. The van der Waals surface area contributed by atoms with Crippen molar-refractivity contribution in [3.05, 3.63) is 108 Å². The van der Waals surface area contributed by atoms with Crippen LogP contribution >= 0.6 is 0 Å². The fraction of sp³-hybridized carbons (Fsp3) is 0.115. The number of fused-ring (bicyclic) bond motifs is 2. The van der Waals surface area contributed by atoms with Crippen molar-refractivity contribution in [3.63, 3.8) is 0 Å². The van der Waals surface area contributed by atoms with Crippen LogP contribution in [-0.2, 0) is 13.1 Å². The lowest BCUT2D eigenvalue weighted by Gasteiger charge is -2.17. The Balaban J connectivity index is 1.35. The van der Waals surface area contributed by atoms with E-state index in [2.05, 4.69) is 52.5 Å². The van der Waals surface area contributed by atoms with Crippen LogP contribution in [0, 0.1) is 0 Å². The van der Waals surface area contributed by atoms with Gasteiger partial charge in [0, 0.05) is 25.2 Å². The number of amides is 1. The van der Waals surface area contributed by atoms with Crippen LogP contribution in [0.25, 0.3) is 21.8 Å². The normalized spacial score (nSPS) is 11.1. The van der Waals surface area contributed by atoms with Crippen LogP contribution in [-0.4, -0.2) is 32.6 Å². The van der Waals surface area contributed by atoms with Crippen LogP contribution in [0.2, 0.25) is 0 Å². The molecule has 2 heterocycles. The molecular formula is C26H22N4O. The van der Waals surface area contributed by atoms with E-state index in [1.807, 2.05) is 48.1 Å². The first-order valence-electron chi connectivity index (χ1n) is 10.3. The summed E-state index contributed by atoms with van der Waals surface area (Å²) in [4.78, 5) is 19.3. The minimum absolute atomic E-state index is 0.0571. The Morgan fingerprint density at radius 1 is 0.839 bits per heavy atom. The van der Waals surface area contributed by atoms with Gasteiger partial charge in [0.2, 0.25) is 0 Å². The minimum atomic E-state index is -0.0571. The molecule has 0 radical (unpaired) electrons. The summed E-state index contributed by atoms with van der Waals surface area (Å²) in [6.07, 6.45) is 3.41. The topological polar surface area (TPSA) is 51.0 Å². The molecular weight excluding hydrogens is 384 g/mol. The highest BCUT2D eigenvalue weighted by Gasteiger charge is 2.15. The molecule has 3 aromatic carbocycles. The molecule has 0 bridgehead atoms. The number of pyridine rings is 1. The van der Waals surface area contributed by atoms with Gasteiger partial charge in [0.05, 0.1) is 18.3 Å². The molecule has 2 aromatic heterocycles. The van der Waals surface area contributed by atoms with Crippen LogP contribution in [0.1, 0.15) is 21.5 Å². The molecule has 5 nitrogen and oxygen atoms in total. The molecule has 5 aromatic rings. The van der Waals surface area contributed by atoms with Crippen molar-refractivity contribution in [1.82, 2.24) is 19.7 Å². The van der Waals surface area contributed by atoms with Crippen molar-refractivity contribution >= 4 is 27.7 Å². The van der Waals surface area contributed by atoms with E-state index >= 15 is 0 Å². The van der Waals surface area contributed by atoms with Gasteiger partial charge in [-0.3, -0.25) is 4.79 Å². The maximum Gasteiger partial charge on any atom is 0.255 e. The van der Waals surface area contributed by atoms with E-state index in [1.165, 1.54) is 10.8 Å². The first-order valence-corrected chi connectivity index (χ1v) is 10.3. The zero-order chi connectivity index (χ0) is 21.2. The van der Waals surface area contributed by atoms with Gasteiger partial charge in [-0.1, -0.05) is 66.7 Å². The molecule has 152 valence electrons. The van der Waals surface area contributed by atoms with Gasteiger partial charge in [0.1, 0.15) is 0 Å². The highest BCUT2D eigenvalue weighted by atomic mass is 16.2. The zero-order valence-electron chi connectivity index (χ0n) is 17.3. The molecule has 5 rings (SSSR count). The Morgan fingerprint density at radius 2 is 1.61 bits per heavy atom. The second-order valence-electron chi connectivity index (χ2n) is 7.77. The van der Waals surface area contributed by atoms with Crippen molar-refractivity contribution in [2.75, 3.05) is 7.05 Å². The summed E-state index contributed by atoms with van der Waals surface area (Å²) in [6, 6.07) is 26.5. The molecule has 0 aliphatic carbocycles. The number of rotatable bonds is 5. The molecule has 0 aliphatic heterocycles. The minimum Gasteiger partial charge on any atom is -0.337 e. The van der Waals surface area contributed by atoms with Crippen LogP contribution < -0.4 is 0 Å². The summed E-state index contributed by atoms with van der Waals surface area (Å²) in [5, 5.41) is 7.70. The lowest BCUT2D eigenvalue weighted by atomic mass is 10.1. The quantitative estimate of drug-likeness (QED) is 0.417. The number of hydrogen-bond acceptors (Lipinski definition) is 3. The summed E-state index contributed by atoms with van der Waals surface area (Å²) in [5.74, 6) is -0.0571. The molecule has 0 fully saturated rings. The number of benzene rings is 3. The summed E-state index contributed by atoms with van der Waals surface area (Å²) in [6.45, 7) is 1.18. The van der Waals surface area contributed by atoms with Crippen molar-refractivity contribution in [2.45, 2.75) is 13.1 Å². The van der Waals surface area contributed by atoms with Crippen molar-refractivity contribution in [1.29, 1.82) is 0 Å². The Bertz CT molecular complexity index is 1370. The lowest BCUT2D eigenvalue weighted by Crippen LogP contribution is -2.26. The van der Waals surface area contributed by atoms with Gasteiger partial charge in [0.15, 0.2) is 5.65 Å². The average molecular weight is 406 g/mol. The second-order valence-corrected chi connectivity index (χ2v) is 7.77. The highest BCUT2D eigenvalue weighted by molar-refractivity contribution is 5.96. The molecule has 0 atom stereocenters. The lowest BCUT2D eigenvalue weighted by molar-refractivity contribution is 0.0785. The molecule has 0 unspecified atom stereocenters. The third-order valence-corrected chi connectivity index (χ3v) is 5.48. The molecule has 1 amide bonds. The molecule has 31 heavy (non-hydrogen) atoms. The Morgan fingerprint density at radius 3 is 2.45 bits per heavy atom. The van der Waals surface area contributed by atoms with E-state index < -0.39 is 0 Å². The fourth-order valence-electron chi connectivity index (χ4n) is 3.86. The molecule has 0 saturated carbocycles. The van der Waals surface area contributed by atoms with Crippen LogP contribution in [0.15, 0.2) is 91.3 Å².